The lowest BCUT2D eigenvalue weighted by molar-refractivity contribution is -0.210. The zero-order chi connectivity index (χ0) is 92.2. The fourth-order valence-corrected chi connectivity index (χ4v) is 13.7. The maximum absolute atomic E-state index is 14.7. The summed E-state index contributed by atoms with van der Waals surface area (Å²) in [5.74, 6) is -7.71. The van der Waals surface area contributed by atoms with Crippen LogP contribution in [-0.4, -0.2) is 335 Å². The first-order valence-corrected chi connectivity index (χ1v) is 36.2. The number of amides is 3. The minimum Gasteiger partial charge on any atom is -0.393 e. The maximum Gasteiger partial charge on any atom is 0.320 e. The molecule has 0 spiro atoms. The van der Waals surface area contributed by atoms with Crippen LogP contribution in [0.1, 0.15) is 46.2 Å². The largest absolute Gasteiger partial charge is 0.393 e. The first-order valence-electron chi connectivity index (χ1n) is 36.2. The molecule has 13 heterocycles. The summed E-state index contributed by atoms with van der Waals surface area (Å²) in [6, 6.07) is 0. The van der Waals surface area contributed by atoms with Gasteiger partial charge in [-0.15, -0.1) is 6.42 Å². The molecule has 123 heavy (non-hydrogen) atoms. The van der Waals surface area contributed by atoms with Crippen molar-refractivity contribution in [2.45, 2.75) is 184 Å². The van der Waals surface area contributed by atoms with E-state index in [0.717, 1.165) is 34.9 Å². The number of aliphatic imine (C=N–C) groups is 2. The number of nitrogens with two attached hydrogens (primary N) is 2. The lowest BCUT2D eigenvalue weighted by atomic mass is 9.90. The number of aliphatic hydroxyl groups is 14. The summed E-state index contributed by atoms with van der Waals surface area (Å²) in [4.78, 5) is 74.1. The Bertz CT molecular complexity index is 4740. The summed E-state index contributed by atoms with van der Waals surface area (Å²) in [5, 5.41) is 149. The number of imidazole rings is 1. The van der Waals surface area contributed by atoms with Gasteiger partial charge in [0.25, 0.3) is 35.0 Å². The molecule has 2 aromatic rings. The monoisotopic (exact) mass is 1760 g/mol. The van der Waals surface area contributed by atoms with E-state index in [9.17, 15) is 111 Å². The number of nitrogens with one attached hydrogen (secondary N) is 4. The molecule has 0 unspecified atom stereocenters. The van der Waals surface area contributed by atoms with Gasteiger partial charge < -0.3 is 157 Å². The van der Waals surface area contributed by atoms with Gasteiger partial charge in [0, 0.05) is 59.1 Å². The van der Waals surface area contributed by atoms with Crippen molar-refractivity contribution in [3.05, 3.63) is 167 Å². The van der Waals surface area contributed by atoms with E-state index in [1.807, 2.05) is 5.92 Å². The topological polar surface area (TPSA) is 680 Å². The minimum atomic E-state index is -3.59. The molecule has 0 aromatic carbocycles. The Kier molecular flexibility index (Phi) is 29.5. The number of terminal acetylenes is 1. The lowest BCUT2D eigenvalue weighted by Gasteiger charge is -2.36. The number of carbonyl (C=O) groups is 3. The van der Waals surface area contributed by atoms with E-state index in [4.69, 9.17) is 67.6 Å². The van der Waals surface area contributed by atoms with E-state index in [-0.39, 0.29) is 70.1 Å². The predicted octanol–water partition coefficient (Wildman–Crippen LogP) is -4.15. The molecule has 0 bridgehead atoms. The summed E-state index contributed by atoms with van der Waals surface area (Å²) in [6.07, 6.45) is -4.39. The third-order valence-corrected chi connectivity index (χ3v) is 20.8. The van der Waals surface area contributed by atoms with Gasteiger partial charge in [0.1, 0.15) is 112 Å². The van der Waals surface area contributed by atoms with Crippen molar-refractivity contribution in [2.24, 2.45) is 31.7 Å². The van der Waals surface area contributed by atoms with Crippen LogP contribution >= 0.6 is 0 Å². The maximum atomic E-state index is 14.7. The Hall–Kier alpha value is -11.0. The number of alkyl halides is 7. The molecule has 2 aromatic heterocycles. The SMILES string of the molecule is C#C[C@]1(O)[C@H](n2cnc3c(=O)[nH]c(C)nc32)O[C@](F)(CO)[C@H]1O.C=C1N=C(N)C=CN1[C@@H]1O[C@@](CO)(CN=[N+]=[N-])[C@@H](O)[C@H]1F.C=C1N=C(N)C=CN1[C@@H]1O[C@](CC)(CO)[C@@H](O)C1(F)F.C=C1NC(=O)C=CN1[C@@H]1O[C@@](CO)(CN=[N+]=[N-])[C@@H](O)[C@H]1F.C=C1NC(=O)C=CN1[C@@H]1O[C@](C)(CO)[C@@H](O)[C@@]1(C)F.C=C1NC(=O)C=CN1[C@@H]1O[C@](F)(CO)[C@@H](O)[C@@]1(C)O. The number of fused-ring (bicyclic) bond motifs is 1. The number of amidine groups is 2. The molecule has 0 aliphatic carbocycles. The van der Waals surface area contributed by atoms with E-state index in [0.29, 0.717) is 0 Å². The van der Waals surface area contributed by atoms with Crippen molar-refractivity contribution in [3.8, 4) is 12.3 Å². The smallest absolute Gasteiger partial charge is 0.320 e. The molecule has 6 saturated heterocycles. The number of hydrogen-bond donors (Lipinski definition) is 20. The fraction of sp³-hybridized carbons (Fsp3) is 0.543. The number of halogens is 7. The molecule has 0 radical (unpaired) electrons. The van der Waals surface area contributed by atoms with Crippen LogP contribution in [0.25, 0.3) is 32.0 Å². The normalized spacial score (nSPS) is 37.6. The molecule has 23 atom stereocenters. The Morgan fingerprint density at radius 1 is 0.569 bits per heavy atom. The molecular formula is C70H91F7N22O24. The summed E-state index contributed by atoms with van der Waals surface area (Å²) in [5.41, 5.74) is 13.8. The molecule has 0 saturated carbocycles. The molecule has 6 fully saturated rings. The number of rotatable bonds is 17. The second-order valence-corrected chi connectivity index (χ2v) is 29.3. The highest BCUT2D eigenvalue weighted by Crippen LogP contribution is 2.50. The van der Waals surface area contributed by atoms with Gasteiger partial charge in [0.05, 0.1) is 45.8 Å². The van der Waals surface area contributed by atoms with Gasteiger partial charge in [-0.25, -0.2) is 41.9 Å². The number of hydrogen-bond acceptors (Lipinski definition) is 37. The number of carbonyl (C=O) groups excluding carboxylic acids is 3. The zero-order valence-corrected chi connectivity index (χ0v) is 65.7. The number of aromatic nitrogens is 4. The van der Waals surface area contributed by atoms with Crippen LogP contribution in [0, 0.1) is 19.3 Å². The molecule has 53 heteroatoms. The van der Waals surface area contributed by atoms with Crippen molar-refractivity contribution in [3.63, 3.8) is 0 Å². The second-order valence-electron chi connectivity index (χ2n) is 29.3. The van der Waals surface area contributed by atoms with Crippen LogP contribution in [0.5, 0.6) is 0 Å². The molecule has 46 nitrogen and oxygen atoms in total. The number of nitrogens with zero attached hydrogens (tertiary/aromatic N) is 16. The molecule has 3 amide bonds. The number of aryl methyl sites for hydroxylation is 1. The highest BCUT2D eigenvalue weighted by atomic mass is 19.3. The summed E-state index contributed by atoms with van der Waals surface area (Å²) >= 11 is 0. The van der Waals surface area contributed by atoms with Crippen LogP contribution in [-0.2, 0) is 42.8 Å². The van der Waals surface area contributed by atoms with E-state index < -0.39 is 213 Å². The number of aliphatic hydroxyl groups excluding tert-OH is 12. The van der Waals surface area contributed by atoms with E-state index >= 15 is 0 Å². The van der Waals surface area contributed by atoms with Gasteiger partial charge in [-0.1, -0.05) is 56.0 Å². The third kappa shape index (κ3) is 18.5. The van der Waals surface area contributed by atoms with Gasteiger partial charge in [-0.2, -0.15) is 8.78 Å². The summed E-state index contributed by atoms with van der Waals surface area (Å²) in [7, 11) is 0. The van der Waals surface area contributed by atoms with E-state index in [1.165, 1.54) is 89.6 Å². The Labute approximate surface area is 691 Å². The van der Waals surface area contributed by atoms with Crippen LogP contribution in [0.2, 0.25) is 0 Å². The Balaban J connectivity index is 0.000000183. The lowest BCUT2D eigenvalue weighted by Crippen LogP contribution is -2.54. The van der Waals surface area contributed by atoms with Gasteiger partial charge in [-0.3, -0.25) is 23.7 Å². The average molecular weight is 1760 g/mol. The van der Waals surface area contributed by atoms with Crippen molar-refractivity contribution >= 4 is 40.6 Å². The van der Waals surface area contributed by atoms with Gasteiger partial charge in [0.15, 0.2) is 72.5 Å². The number of aromatic amines is 1. The van der Waals surface area contributed by atoms with Crippen molar-refractivity contribution < 1.29 is 145 Å². The van der Waals surface area contributed by atoms with Crippen LogP contribution in [0.3, 0.4) is 0 Å². The summed E-state index contributed by atoms with van der Waals surface area (Å²) < 4.78 is 133. The molecule has 22 N–H and O–H groups in total. The van der Waals surface area contributed by atoms with Gasteiger partial charge in [-0.05, 0) is 57.3 Å². The quantitative estimate of drug-likeness (QED) is 0.0235. The van der Waals surface area contributed by atoms with Crippen molar-refractivity contribution in [1.29, 1.82) is 0 Å². The number of H-pyrrole nitrogens is 1. The highest BCUT2D eigenvalue weighted by molar-refractivity contribution is 5.93. The Morgan fingerprint density at radius 3 is 1.40 bits per heavy atom. The number of ether oxygens (including phenoxy) is 6. The van der Waals surface area contributed by atoms with Crippen molar-refractivity contribution in [1.82, 2.24) is 60.0 Å². The van der Waals surface area contributed by atoms with Crippen LogP contribution < -0.4 is 33.0 Å². The van der Waals surface area contributed by atoms with Gasteiger partial charge in [0.2, 0.25) is 11.8 Å². The fourth-order valence-electron chi connectivity index (χ4n) is 13.7. The first-order chi connectivity index (χ1) is 57.4. The molecule has 11 aliphatic rings. The first kappa shape index (κ1) is 97.4. The minimum absolute atomic E-state index is 0.0145. The van der Waals surface area contributed by atoms with Crippen LogP contribution in [0.4, 0.5) is 30.7 Å². The predicted molar refractivity (Wildman–Crippen MR) is 405 cm³/mol. The highest BCUT2D eigenvalue weighted by Gasteiger charge is 2.69. The third-order valence-electron chi connectivity index (χ3n) is 20.8. The summed E-state index contributed by atoms with van der Waals surface area (Å²) in [6.45, 7) is 18.8. The van der Waals surface area contributed by atoms with Crippen LogP contribution in [0.15, 0.2) is 155 Å². The van der Waals surface area contributed by atoms with E-state index in [2.05, 4.69) is 93.8 Å². The van der Waals surface area contributed by atoms with E-state index in [1.54, 1.807) is 6.92 Å². The second kappa shape index (κ2) is 37.2. The standard InChI is InChI=1S/C13H13FN4O5.C12H17F2N3O3.C12H17FN2O4.C11H15FN6O3.C11H14FN5O4.C11H15FN2O5/c1-3-12(22)10(21)13(14,4-19)23-11(12)18-5-15-7-8(18)16-6(2)17-9(7)20;1-3-11(6-18)9(19)12(13,14)10(20-11)17-5-4-8(15)16-7(17)2;1-7-14-8(17)4-5-15(7)10-12(3,13)9(18)11(2,6-16)19-10;1-6-16-7(13)2-3-18(6)10-8(12)9(20)11(5-19,21-10)4-15-17-14;1-6-15-7(19)2-3-17(6)10-8(12)9(20)11(5-18,21-10)4-14-16-13;1-6-13-7(16)3-4-14(6)9-10(2,18)8(17)11(12,5-15)19-9/h1,5,10-11,19,21-22H,4H2,2H3,(H,16,17,20);4-5,9-10,18-19H,2-3,6H2,1H3,(H2,15,16);4-5,9-10,16,18H,1,6H2,2-3H3,(H,14,17);2-3,8-10,19-20H,1,4-5H2,(H2,13,16);2-3,8-10,18,20H,1,4-5H2,(H,15,19);3-4,8-9,15,17-18H,1,5H2,2H3,(H,13,16)/t10-,11+,12+,13+;9-,10-,11-;9-,10-,11-,12-;2*8-,9+,10-,11-;8-,9+,10+,11+/m011110/s1. The zero-order valence-electron chi connectivity index (χ0n) is 65.7. The molecule has 11 aliphatic heterocycles. The molecule has 13 rings (SSSR count). The molecular weight excluding hydrogens is 1670 g/mol. The Morgan fingerprint density at radius 2 is 1.00 bits per heavy atom. The van der Waals surface area contributed by atoms with Gasteiger partial charge >= 0.3 is 5.92 Å². The average Bonchev–Trinajstić information content (AvgIpc) is 1.57. The van der Waals surface area contributed by atoms with Crippen molar-refractivity contribution in [2.75, 3.05) is 52.7 Å². The molecule has 674 valence electrons. The number of azide groups is 2.